The van der Waals surface area contributed by atoms with Crippen molar-refractivity contribution < 1.29 is 4.79 Å². The summed E-state index contributed by atoms with van der Waals surface area (Å²) in [5, 5.41) is 4.82. The maximum atomic E-state index is 13.2. The van der Waals surface area contributed by atoms with Crippen LogP contribution in [0.15, 0.2) is 72.0 Å². The average Bonchev–Trinajstić information content (AvgIpc) is 3.21. The van der Waals surface area contributed by atoms with E-state index in [-0.39, 0.29) is 23.9 Å². The number of nitrogens with zero attached hydrogens (tertiary/aromatic N) is 5. The van der Waals surface area contributed by atoms with Crippen LogP contribution >= 0.6 is 0 Å². The SMILES string of the molecule is Cn1cc(C2CN(C(=O)Cn3cnc4ccccc4c3=O)Cc3ccccc32)cn1. The van der Waals surface area contributed by atoms with E-state index in [1.165, 1.54) is 16.5 Å². The molecule has 7 heteroatoms. The number of carbonyl (C=O) groups is 1. The van der Waals surface area contributed by atoms with Crippen molar-refractivity contribution in [3.05, 3.63) is 94.3 Å². The molecule has 4 aromatic rings. The summed E-state index contributed by atoms with van der Waals surface area (Å²) < 4.78 is 3.17. The van der Waals surface area contributed by atoms with Crippen molar-refractivity contribution in [3.63, 3.8) is 0 Å². The molecule has 1 amide bonds. The van der Waals surface area contributed by atoms with Crippen LogP contribution in [0.3, 0.4) is 0 Å². The van der Waals surface area contributed by atoms with Crippen LogP contribution in [0.4, 0.5) is 0 Å². The predicted octanol–water partition coefficient (Wildman–Crippen LogP) is 2.30. The Hall–Kier alpha value is -3.74. The van der Waals surface area contributed by atoms with E-state index in [2.05, 4.69) is 22.2 Å². The predicted molar refractivity (Wildman–Crippen MR) is 113 cm³/mol. The van der Waals surface area contributed by atoms with Gasteiger partial charge in [-0.3, -0.25) is 18.8 Å². The first-order chi connectivity index (χ1) is 14.6. The minimum absolute atomic E-state index is 0.0292. The molecule has 30 heavy (non-hydrogen) atoms. The Morgan fingerprint density at radius 3 is 2.77 bits per heavy atom. The number of benzene rings is 2. The molecule has 150 valence electrons. The molecule has 1 aliphatic heterocycles. The largest absolute Gasteiger partial charge is 0.336 e. The monoisotopic (exact) mass is 399 g/mol. The van der Waals surface area contributed by atoms with Gasteiger partial charge in [0.2, 0.25) is 5.91 Å². The van der Waals surface area contributed by atoms with E-state index in [0.29, 0.717) is 24.0 Å². The lowest BCUT2D eigenvalue weighted by Gasteiger charge is -2.34. The number of hydrogen-bond acceptors (Lipinski definition) is 4. The summed E-state index contributed by atoms with van der Waals surface area (Å²) in [5.41, 5.74) is 3.85. The van der Waals surface area contributed by atoms with E-state index in [9.17, 15) is 9.59 Å². The fraction of sp³-hybridized carbons (Fsp3) is 0.217. The maximum Gasteiger partial charge on any atom is 0.261 e. The third kappa shape index (κ3) is 3.18. The summed E-state index contributed by atoms with van der Waals surface area (Å²) in [6.07, 6.45) is 5.30. The van der Waals surface area contributed by atoms with Gasteiger partial charge in [-0.05, 0) is 28.8 Å². The van der Waals surface area contributed by atoms with Crippen molar-refractivity contribution in [2.75, 3.05) is 6.54 Å². The molecule has 0 aliphatic carbocycles. The zero-order chi connectivity index (χ0) is 20.7. The Balaban J connectivity index is 1.45. The van der Waals surface area contributed by atoms with E-state index < -0.39 is 0 Å². The lowest BCUT2D eigenvalue weighted by molar-refractivity contribution is -0.133. The van der Waals surface area contributed by atoms with E-state index in [1.807, 2.05) is 42.5 Å². The fourth-order valence-electron chi connectivity index (χ4n) is 4.17. The third-order valence-electron chi connectivity index (χ3n) is 5.71. The van der Waals surface area contributed by atoms with Crippen LogP contribution in [0, 0.1) is 0 Å². The Morgan fingerprint density at radius 2 is 1.93 bits per heavy atom. The van der Waals surface area contributed by atoms with Crippen molar-refractivity contribution in [3.8, 4) is 0 Å². The molecule has 0 saturated heterocycles. The first kappa shape index (κ1) is 18.3. The molecule has 3 heterocycles. The molecular weight excluding hydrogens is 378 g/mol. The second kappa shape index (κ2) is 7.26. The highest BCUT2D eigenvalue weighted by Gasteiger charge is 2.30. The first-order valence-corrected chi connectivity index (χ1v) is 9.88. The highest BCUT2D eigenvalue weighted by atomic mass is 16.2. The lowest BCUT2D eigenvalue weighted by Crippen LogP contribution is -2.41. The second-order valence-corrected chi connectivity index (χ2v) is 7.67. The van der Waals surface area contributed by atoms with Crippen LogP contribution in [-0.4, -0.2) is 36.7 Å². The molecule has 1 unspecified atom stereocenters. The Bertz CT molecular complexity index is 1310. The quantitative estimate of drug-likeness (QED) is 0.530. The molecular formula is C23H21N5O2. The Morgan fingerprint density at radius 1 is 1.13 bits per heavy atom. The van der Waals surface area contributed by atoms with Crippen LogP contribution < -0.4 is 5.56 Å². The van der Waals surface area contributed by atoms with Gasteiger partial charge in [-0.25, -0.2) is 4.98 Å². The van der Waals surface area contributed by atoms with Gasteiger partial charge in [-0.15, -0.1) is 0 Å². The number of carbonyl (C=O) groups excluding carboxylic acids is 1. The summed E-state index contributed by atoms with van der Waals surface area (Å²) in [7, 11) is 1.89. The molecule has 0 fully saturated rings. The molecule has 1 atom stereocenters. The molecule has 0 spiro atoms. The molecule has 0 radical (unpaired) electrons. The number of aromatic nitrogens is 4. The number of fused-ring (bicyclic) bond motifs is 2. The topological polar surface area (TPSA) is 73.0 Å². The van der Waals surface area contributed by atoms with Crippen molar-refractivity contribution in [1.82, 2.24) is 24.2 Å². The normalized spacial score (nSPS) is 15.9. The third-order valence-corrected chi connectivity index (χ3v) is 5.71. The van der Waals surface area contributed by atoms with Gasteiger partial charge >= 0.3 is 0 Å². The number of hydrogen-bond donors (Lipinski definition) is 0. The minimum atomic E-state index is -0.199. The number of rotatable bonds is 3. The highest BCUT2D eigenvalue weighted by molar-refractivity contribution is 5.79. The number of aryl methyl sites for hydroxylation is 1. The molecule has 2 aromatic carbocycles. The zero-order valence-corrected chi connectivity index (χ0v) is 16.6. The lowest BCUT2D eigenvalue weighted by atomic mass is 9.86. The molecule has 1 aliphatic rings. The van der Waals surface area contributed by atoms with Gasteiger partial charge in [-0.1, -0.05) is 36.4 Å². The molecule has 0 N–H and O–H groups in total. The van der Waals surface area contributed by atoms with Crippen molar-refractivity contribution in [2.24, 2.45) is 7.05 Å². The minimum Gasteiger partial charge on any atom is -0.336 e. The average molecular weight is 399 g/mol. The van der Waals surface area contributed by atoms with Gasteiger partial charge in [0.05, 0.1) is 23.4 Å². The van der Waals surface area contributed by atoms with Crippen molar-refractivity contribution >= 4 is 16.8 Å². The smallest absolute Gasteiger partial charge is 0.261 e. The molecule has 7 nitrogen and oxygen atoms in total. The van der Waals surface area contributed by atoms with Gasteiger partial charge in [0.25, 0.3) is 5.56 Å². The van der Waals surface area contributed by atoms with Crippen molar-refractivity contribution in [2.45, 2.75) is 19.0 Å². The van der Waals surface area contributed by atoms with E-state index in [4.69, 9.17) is 0 Å². The van der Waals surface area contributed by atoms with Crippen LogP contribution in [-0.2, 0) is 24.9 Å². The fourth-order valence-corrected chi connectivity index (χ4v) is 4.17. The molecule has 5 rings (SSSR count). The van der Waals surface area contributed by atoms with Crippen molar-refractivity contribution in [1.29, 1.82) is 0 Å². The summed E-state index contributed by atoms with van der Waals surface area (Å²) >= 11 is 0. The molecule has 0 bridgehead atoms. The second-order valence-electron chi connectivity index (χ2n) is 7.67. The van der Waals surface area contributed by atoms with Gasteiger partial charge in [0, 0.05) is 32.3 Å². The van der Waals surface area contributed by atoms with Crippen LogP contribution in [0.1, 0.15) is 22.6 Å². The van der Waals surface area contributed by atoms with Gasteiger partial charge in [0.1, 0.15) is 6.54 Å². The van der Waals surface area contributed by atoms with E-state index in [1.54, 1.807) is 22.9 Å². The van der Waals surface area contributed by atoms with Gasteiger partial charge in [0.15, 0.2) is 0 Å². The van der Waals surface area contributed by atoms with Crippen LogP contribution in [0.5, 0.6) is 0 Å². The van der Waals surface area contributed by atoms with Crippen LogP contribution in [0.2, 0.25) is 0 Å². The first-order valence-electron chi connectivity index (χ1n) is 9.88. The number of amides is 1. The zero-order valence-electron chi connectivity index (χ0n) is 16.6. The Labute approximate surface area is 173 Å². The molecule has 0 saturated carbocycles. The molecule has 2 aromatic heterocycles. The summed E-state index contributed by atoms with van der Waals surface area (Å²) in [6.45, 7) is 1.05. The van der Waals surface area contributed by atoms with Gasteiger partial charge in [-0.2, -0.15) is 5.10 Å². The summed E-state index contributed by atoms with van der Waals surface area (Å²) in [5.74, 6) is -0.0448. The van der Waals surface area contributed by atoms with E-state index in [0.717, 1.165) is 11.1 Å². The summed E-state index contributed by atoms with van der Waals surface area (Å²) in [6, 6.07) is 15.4. The van der Waals surface area contributed by atoms with E-state index >= 15 is 0 Å². The standard InChI is InChI=1S/C23H21N5O2/c1-26-11-17(10-25-26)20-13-27(12-16-6-2-3-7-18(16)20)22(29)14-28-15-24-21-9-5-4-8-19(21)23(28)30/h2-11,15,20H,12-14H2,1H3. The van der Waals surface area contributed by atoms with Crippen LogP contribution in [0.25, 0.3) is 10.9 Å². The Kier molecular flexibility index (Phi) is 4.43. The highest BCUT2D eigenvalue weighted by Crippen LogP contribution is 2.33. The maximum absolute atomic E-state index is 13.2. The number of para-hydroxylation sites is 1. The van der Waals surface area contributed by atoms with Gasteiger partial charge < -0.3 is 4.90 Å². The summed E-state index contributed by atoms with van der Waals surface area (Å²) in [4.78, 5) is 32.1.